The Morgan fingerprint density at radius 3 is 2.42 bits per heavy atom. The van der Waals surface area contributed by atoms with Crippen molar-refractivity contribution in [2.24, 2.45) is 5.92 Å². The van der Waals surface area contributed by atoms with Crippen LogP contribution >= 0.6 is 0 Å². The summed E-state index contributed by atoms with van der Waals surface area (Å²) in [6.07, 6.45) is -4.48. The molecule has 0 aromatic heterocycles. The molecular weight excluding hydrogens is 263 g/mol. The minimum Gasteiger partial charge on any atom is -0.406 e. The maximum Gasteiger partial charge on any atom is 0.573 e. The molecule has 0 radical (unpaired) electrons. The second kappa shape index (κ2) is 5.08. The van der Waals surface area contributed by atoms with E-state index in [1.807, 2.05) is 0 Å². The minimum absolute atomic E-state index is 0.0858. The van der Waals surface area contributed by atoms with Gasteiger partial charge in [0.25, 0.3) is 0 Å². The molecule has 1 fully saturated rings. The van der Waals surface area contributed by atoms with Crippen LogP contribution in [0.3, 0.4) is 0 Å². The van der Waals surface area contributed by atoms with E-state index >= 15 is 0 Å². The zero-order valence-corrected chi connectivity index (χ0v) is 9.85. The third-order valence-corrected chi connectivity index (χ3v) is 2.85. The van der Waals surface area contributed by atoms with Crippen LogP contribution in [0.5, 0.6) is 5.75 Å². The molecular formula is C12H12F3NO3. The number of hydrogen-bond donors (Lipinski definition) is 1. The first-order valence-electron chi connectivity index (χ1n) is 5.66. The molecule has 0 bridgehead atoms. The summed E-state index contributed by atoms with van der Waals surface area (Å²) in [5.74, 6) is -0.608. The van der Waals surface area contributed by atoms with E-state index in [-0.39, 0.29) is 30.6 Å². The van der Waals surface area contributed by atoms with Gasteiger partial charge in [0.2, 0.25) is 5.91 Å². The van der Waals surface area contributed by atoms with Crippen LogP contribution in [0.1, 0.15) is 6.42 Å². The SMILES string of the molecule is O=C1CC(CO)CN1c1ccc(OC(F)(F)F)cc1. The predicted octanol–water partition coefficient (Wildman–Crippen LogP) is 1.93. The Balaban J connectivity index is 2.08. The second-order valence-electron chi connectivity index (χ2n) is 4.30. The van der Waals surface area contributed by atoms with Gasteiger partial charge in [0, 0.05) is 31.2 Å². The van der Waals surface area contributed by atoms with E-state index in [4.69, 9.17) is 5.11 Å². The van der Waals surface area contributed by atoms with Gasteiger partial charge < -0.3 is 14.7 Å². The van der Waals surface area contributed by atoms with Gasteiger partial charge in [0.1, 0.15) is 5.75 Å². The first kappa shape index (κ1) is 13.7. The standard InChI is InChI=1S/C12H12F3NO3/c13-12(14,15)19-10-3-1-9(2-4-10)16-6-8(7-17)5-11(16)18/h1-4,8,17H,5-7H2. The molecule has 1 unspecified atom stereocenters. The molecule has 0 spiro atoms. The molecule has 1 aliphatic rings. The Labute approximate surface area is 107 Å². The van der Waals surface area contributed by atoms with Gasteiger partial charge in [-0.2, -0.15) is 0 Å². The van der Waals surface area contributed by atoms with Crippen molar-refractivity contribution in [2.45, 2.75) is 12.8 Å². The fourth-order valence-corrected chi connectivity index (χ4v) is 1.98. The van der Waals surface area contributed by atoms with E-state index in [0.717, 1.165) is 12.1 Å². The first-order valence-corrected chi connectivity index (χ1v) is 5.66. The van der Waals surface area contributed by atoms with Gasteiger partial charge in [0.05, 0.1) is 0 Å². The van der Waals surface area contributed by atoms with E-state index in [9.17, 15) is 18.0 Å². The van der Waals surface area contributed by atoms with Crippen LogP contribution in [-0.2, 0) is 4.79 Å². The lowest BCUT2D eigenvalue weighted by molar-refractivity contribution is -0.274. The quantitative estimate of drug-likeness (QED) is 0.917. The lowest BCUT2D eigenvalue weighted by Gasteiger charge is -2.17. The summed E-state index contributed by atoms with van der Waals surface area (Å²) in [5.41, 5.74) is 0.496. The number of alkyl halides is 3. The summed E-state index contributed by atoms with van der Waals surface area (Å²) in [7, 11) is 0. The molecule has 1 atom stereocenters. The number of benzene rings is 1. The molecule has 1 aromatic carbocycles. The van der Waals surface area contributed by atoms with Gasteiger partial charge in [-0.05, 0) is 24.3 Å². The number of aliphatic hydroxyl groups is 1. The molecule has 1 aromatic rings. The number of nitrogens with zero attached hydrogens (tertiary/aromatic N) is 1. The molecule has 1 heterocycles. The molecule has 1 amide bonds. The zero-order chi connectivity index (χ0) is 14.0. The molecule has 1 aliphatic heterocycles. The molecule has 1 N–H and O–H groups in total. The summed E-state index contributed by atoms with van der Waals surface area (Å²) in [4.78, 5) is 13.1. The Bertz CT molecular complexity index is 458. The van der Waals surface area contributed by atoms with E-state index in [1.165, 1.54) is 17.0 Å². The highest BCUT2D eigenvalue weighted by molar-refractivity contribution is 5.95. The number of ether oxygens (including phenoxy) is 1. The Morgan fingerprint density at radius 2 is 1.95 bits per heavy atom. The van der Waals surface area contributed by atoms with Crippen molar-refractivity contribution in [1.82, 2.24) is 0 Å². The highest BCUT2D eigenvalue weighted by atomic mass is 19.4. The molecule has 4 nitrogen and oxygen atoms in total. The highest BCUT2D eigenvalue weighted by Gasteiger charge is 2.32. The van der Waals surface area contributed by atoms with Crippen molar-refractivity contribution in [3.05, 3.63) is 24.3 Å². The minimum atomic E-state index is -4.73. The van der Waals surface area contributed by atoms with Crippen LogP contribution in [0.25, 0.3) is 0 Å². The Morgan fingerprint density at radius 1 is 1.32 bits per heavy atom. The van der Waals surface area contributed by atoms with Gasteiger partial charge in [-0.3, -0.25) is 4.79 Å². The Hall–Kier alpha value is -1.76. The van der Waals surface area contributed by atoms with Crippen molar-refractivity contribution >= 4 is 11.6 Å². The number of aliphatic hydroxyl groups excluding tert-OH is 1. The van der Waals surface area contributed by atoms with Crippen LogP contribution in [0, 0.1) is 5.92 Å². The topological polar surface area (TPSA) is 49.8 Å². The normalized spacial score (nSPS) is 19.9. The third kappa shape index (κ3) is 3.37. The zero-order valence-electron chi connectivity index (χ0n) is 9.85. The molecule has 7 heteroatoms. The maximum atomic E-state index is 12.0. The maximum absolute atomic E-state index is 12.0. The number of carbonyl (C=O) groups is 1. The molecule has 1 saturated heterocycles. The Kier molecular flexibility index (Phi) is 3.66. The van der Waals surface area contributed by atoms with Crippen molar-refractivity contribution in [3.8, 4) is 5.75 Å². The summed E-state index contributed by atoms with van der Waals surface area (Å²) in [6, 6.07) is 5.09. The summed E-state index contributed by atoms with van der Waals surface area (Å²) in [5, 5.41) is 9.00. The molecule has 0 aliphatic carbocycles. The number of halogens is 3. The van der Waals surface area contributed by atoms with E-state index in [0.29, 0.717) is 12.2 Å². The van der Waals surface area contributed by atoms with Crippen molar-refractivity contribution in [3.63, 3.8) is 0 Å². The van der Waals surface area contributed by atoms with Crippen LogP contribution in [-0.4, -0.2) is 30.5 Å². The average molecular weight is 275 g/mol. The third-order valence-electron chi connectivity index (χ3n) is 2.85. The van der Waals surface area contributed by atoms with Gasteiger partial charge in [-0.1, -0.05) is 0 Å². The predicted molar refractivity (Wildman–Crippen MR) is 60.7 cm³/mol. The molecule has 0 saturated carbocycles. The molecule has 104 valence electrons. The summed E-state index contributed by atoms with van der Waals surface area (Å²) < 4.78 is 39.7. The summed E-state index contributed by atoms with van der Waals surface area (Å²) >= 11 is 0. The van der Waals surface area contributed by atoms with Crippen LogP contribution in [0.15, 0.2) is 24.3 Å². The number of anilines is 1. The first-order chi connectivity index (χ1) is 8.89. The smallest absolute Gasteiger partial charge is 0.406 e. The van der Waals surface area contributed by atoms with Crippen molar-refractivity contribution < 1.29 is 27.8 Å². The second-order valence-corrected chi connectivity index (χ2v) is 4.30. The lowest BCUT2D eigenvalue weighted by atomic mass is 10.1. The summed E-state index contributed by atoms with van der Waals surface area (Å²) in [6.45, 7) is 0.284. The van der Waals surface area contributed by atoms with Crippen LogP contribution in [0.2, 0.25) is 0 Å². The van der Waals surface area contributed by atoms with Gasteiger partial charge >= 0.3 is 6.36 Å². The monoisotopic (exact) mass is 275 g/mol. The molecule has 19 heavy (non-hydrogen) atoms. The fourth-order valence-electron chi connectivity index (χ4n) is 1.98. The van der Waals surface area contributed by atoms with Gasteiger partial charge in [-0.25, -0.2) is 0 Å². The van der Waals surface area contributed by atoms with E-state index < -0.39 is 6.36 Å². The van der Waals surface area contributed by atoms with Crippen molar-refractivity contribution in [1.29, 1.82) is 0 Å². The van der Waals surface area contributed by atoms with E-state index in [2.05, 4.69) is 4.74 Å². The van der Waals surface area contributed by atoms with Crippen LogP contribution < -0.4 is 9.64 Å². The molecule has 2 rings (SSSR count). The largest absolute Gasteiger partial charge is 0.573 e. The highest BCUT2D eigenvalue weighted by Crippen LogP contribution is 2.28. The van der Waals surface area contributed by atoms with Gasteiger partial charge in [-0.15, -0.1) is 13.2 Å². The lowest BCUT2D eigenvalue weighted by Crippen LogP contribution is -2.24. The number of carbonyl (C=O) groups excluding carboxylic acids is 1. The van der Waals surface area contributed by atoms with E-state index in [1.54, 1.807) is 0 Å². The number of hydrogen-bond acceptors (Lipinski definition) is 3. The number of rotatable bonds is 3. The number of amides is 1. The van der Waals surface area contributed by atoms with Crippen LogP contribution in [0.4, 0.5) is 18.9 Å². The fraction of sp³-hybridized carbons (Fsp3) is 0.417. The van der Waals surface area contributed by atoms with Gasteiger partial charge in [0.15, 0.2) is 0 Å². The van der Waals surface area contributed by atoms with Crippen molar-refractivity contribution in [2.75, 3.05) is 18.1 Å². The average Bonchev–Trinajstić information content (AvgIpc) is 2.70.